The topological polar surface area (TPSA) is 15.3 Å². The van der Waals surface area contributed by atoms with E-state index in [0.717, 1.165) is 6.54 Å². The fourth-order valence-electron chi connectivity index (χ4n) is 2.97. The first-order valence-corrected chi connectivity index (χ1v) is 7.88. The number of nitrogens with one attached hydrogen (secondary N) is 1. The number of piperidine rings is 1. The first kappa shape index (κ1) is 16.0. The quantitative estimate of drug-likeness (QED) is 0.728. The Balaban J connectivity index is 2.16. The predicted molar refractivity (Wildman–Crippen MR) is 81.1 cm³/mol. The Bertz CT molecular complexity index is 216. The first-order valence-electron chi connectivity index (χ1n) is 7.88. The van der Waals surface area contributed by atoms with Crippen molar-refractivity contribution in [3.63, 3.8) is 0 Å². The molecule has 0 atom stereocenters. The molecule has 108 valence electrons. The van der Waals surface area contributed by atoms with E-state index in [4.69, 9.17) is 0 Å². The average Bonchev–Trinajstić information content (AvgIpc) is 2.34. The van der Waals surface area contributed by atoms with E-state index in [0.29, 0.717) is 5.41 Å². The molecule has 0 amide bonds. The second-order valence-corrected chi connectivity index (χ2v) is 7.08. The summed E-state index contributed by atoms with van der Waals surface area (Å²) in [6, 6.07) is 0. The SMILES string of the molecule is CCC1(CC)CCN(CCCNC(C)(C)C)CC1. The maximum absolute atomic E-state index is 3.57. The third-order valence-electron chi connectivity index (χ3n) is 4.72. The van der Waals surface area contributed by atoms with Crippen LogP contribution in [0.1, 0.15) is 66.7 Å². The molecule has 0 spiro atoms. The minimum absolute atomic E-state index is 0.265. The molecule has 1 saturated heterocycles. The molecule has 0 aromatic rings. The molecule has 18 heavy (non-hydrogen) atoms. The molecule has 2 nitrogen and oxygen atoms in total. The lowest BCUT2D eigenvalue weighted by Gasteiger charge is -2.41. The highest BCUT2D eigenvalue weighted by Crippen LogP contribution is 2.37. The monoisotopic (exact) mass is 254 g/mol. The van der Waals surface area contributed by atoms with E-state index < -0.39 is 0 Å². The lowest BCUT2D eigenvalue weighted by atomic mass is 9.74. The summed E-state index contributed by atoms with van der Waals surface area (Å²) in [4.78, 5) is 2.66. The highest BCUT2D eigenvalue weighted by atomic mass is 15.1. The summed E-state index contributed by atoms with van der Waals surface area (Å²) >= 11 is 0. The lowest BCUT2D eigenvalue weighted by Crippen LogP contribution is -2.42. The molecule has 0 bridgehead atoms. The minimum atomic E-state index is 0.265. The molecule has 0 aromatic carbocycles. The highest BCUT2D eigenvalue weighted by molar-refractivity contribution is 4.84. The molecular weight excluding hydrogens is 220 g/mol. The van der Waals surface area contributed by atoms with Crippen LogP contribution in [-0.4, -0.2) is 36.6 Å². The van der Waals surface area contributed by atoms with Gasteiger partial charge in [-0.3, -0.25) is 0 Å². The van der Waals surface area contributed by atoms with Crippen molar-refractivity contribution in [2.75, 3.05) is 26.2 Å². The zero-order valence-electron chi connectivity index (χ0n) is 13.3. The van der Waals surface area contributed by atoms with Crippen molar-refractivity contribution in [1.82, 2.24) is 10.2 Å². The van der Waals surface area contributed by atoms with Gasteiger partial charge in [0.2, 0.25) is 0 Å². The molecule has 0 aromatic heterocycles. The Morgan fingerprint density at radius 3 is 2.06 bits per heavy atom. The summed E-state index contributed by atoms with van der Waals surface area (Å²) < 4.78 is 0. The summed E-state index contributed by atoms with van der Waals surface area (Å²) in [7, 11) is 0. The smallest absolute Gasteiger partial charge is 0.00965 e. The van der Waals surface area contributed by atoms with E-state index in [1.54, 1.807) is 0 Å². The van der Waals surface area contributed by atoms with Crippen LogP contribution in [0.2, 0.25) is 0 Å². The second-order valence-electron chi connectivity index (χ2n) is 7.08. The van der Waals surface area contributed by atoms with Crippen molar-refractivity contribution in [1.29, 1.82) is 0 Å². The molecular formula is C16H34N2. The van der Waals surface area contributed by atoms with Gasteiger partial charge in [-0.1, -0.05) is 26.7 Å². The van der Waals surface area contributed by atoms with Gasteiger partial charge in [-0.15, -0.1) is 0 Å². The fourth-order valence-corrected chi connectivity index (χ4v) is 2.97. The molecule has 1 N–H and O–H groups in total. The maximum atomic E-state index is 3.57. The average molecular weight is 254 g/mol. The molecule has 0 saturated carbocycles. The minimum Gasteiger partial charge on any atom is -0.312 e. The molecule has 1 aliphatic rings. The van der Waals surface area contributed by atoms with Crippen LogP contribution in [-0.2, 0) is 0 Å². The summed E-state index contributed by atoms with van der Waals surface area (Å²) in [6.45, 7) is 16.5. The zero-order valence-corrected chi connectivity index (χ0v) is 13.3. The predicted octanol–water partition coefficient (Wildman–Crippen LogP) is 3.67. The van der Waals surface area contributed by atoms with Crippen molar-refractivity contribution in [3.8, 4) is 0 Å². The molecule has 1 aliphatic heterocycles. The van der Waals surface area contributed by atoms with E-state index >= 15 is 0 Å². The number of nitrogens with zero attached hydrogens (tertiary/aromatic N) is 1. The van der Waals surface area contributed by atoms with Gasteiger partial charge in [0.1, 0.15) is 0 Å². The highest BCUT2D eigenvalue weighted by Gasteiger charge is 2.30. The van der Waals surface area contributed by atoms with E-state index in [1.807, 2.05) is 0 Å². The molecule has 1 rings (SSSR count). The summed E-state index contributed by atoms with van der Waals surface area (Å²) in [5.74, 6) is 0. The number of likely N-dealkylation sites (tertiary alicyclic amines) is 1. The maximum Gasteiger partial charge on any atom is 0.00965 e. The zero-order chi connectivity index (χ0) is 13.6. The van der Waals surface area contributed by atoms with Crippen molar-refractivity contribution in [3.05, 3.63) is 0 Å². The van der Waals surface area contributed by atoms with Crippen LogP contribution in [0.25, 0.3) is 0 Å². The van der Waals surface area contributed by atoms with Crippen LogP contribution in [0.5, 0.6) is 0 Å². The summed E-state index contributed by atoms with van der Waals surface area (Å²) in [5.41, 5.74) is 0.932. The van der Waals surface area contributed by atoms with E-state index in [9.17, 15) is 0 Å². The number of hydrogen-bond acceptors (Lipinski definition) is 2. The van der Waals surface area contributed by atoms with Gasteiger partial charge >= 0.3 is 0 Å². The molecule has 0 unspecified atom stereocenters. The standard InChI is InChI=1S/C16H34N2/c1-6-16(7-2)9-13-18(14-10-16)12-8-11-17-15(3,4)5/h17H,6-14H2,1-5H3. The summed E-state index contributed by atoms with van der Waals surface area (Å²) in [5, 5.41) is 3.57. The van der Waals surface area contributed by atoms with Crippen LogP contribution in [0.15, 0.2) is 0 Å². The van der Waals surface area contributed by atoms with Crippen LogP contribution in [0, 0.1) is 5.41 Å². The molecule has 0 aliphatic carbocycles. The lowest BCUT2D eigenvalue weighted by molar-refractivity contribution is 0.0944. The van der Waals surface area contributed by atoms with Crippen LogP contribution >= 0.6 is 0 Å². The van der Waals surface area contributed by atoms with E-state index in [2.05, 4.69) is 44.8 Å². The summed E-state index contributed by atoms with van der Waals surface area (Å²) in [6.07, 6.45) is 6.83. The Labute approximate surface area is 115 Å². The Kier molecular flexibility index (Phi) is 6.13. The third-order valence-corrected chi connectivity index (χ3v) is 4.72. The van der Waals surface area contributed by atoms with Gasteiger partial charge in [0.25, 0.3) is 0 Å². The van der Waals surface area contributed by atoms with Gasteiger partial charge in [-0.2, -0.15) is 0 Å². The van der Waals surface area contributed by atoms with Crippen LogP contribution < -0.4 is 5.32 Å². The molecule has 2 heteroatoms. The Morgan fingerprint density at radius 1 is 1.06 bits per heavy atom. The van der Waals surface area contributed by atoms with Crippen molar-refractivity contribution >= 4 is 0 Å². The van der Waals surface area contributed by atoms with E-state index in [1.165, 1.54) is 51.7 Å². The normalized spacial score (nSPS) is 21.2. The van der Waals surface area contributed by atoms with Crippen LogP contribution in [0.4, 0.5) is 0 Å². The Hall–Kier alpha value is -0.0800. The van der Waals surface area contributed by atoms with Crippen molar-refractivity contribution < 1.29 is 0 Å². The number of rotatable bonds is 6. The fraction of sp³-hybridized carbons (Fsp3) is 1.00. The van der Waals surface area contributed by atoms with Crippen LogP contribution in [0.3, 0.4) is 0 Å². The third kappa shape index (κ3) is 5.27. The van der Waals surface area contributed by atoms with Gasteiger partial charge in [0.15, 0.2) is 0 Å². The molecule has 1 heterocycles. The van der Waals surface area contributed by atoms with Crippen molar-refractivity contribution in [2.24, 2.45) is 5.41 Å². The second kappa shape index (κ2) is 6.91. The van der Waals surface area contributed by atoms with Gasteiger partial charge in [0.05, 0.1) is 0 Å². The van der Waals surface area contributed by atoms with Gasteiger partial charge in [-0.25, -0.2) is 0 Å². The first-order chi connectivity index (χ1) is 8.41. The van der Waals surface area contributed by atoms with Crippen molar-refractivity contribution in [2.45, 2.75) is 72.3 Å². The Morgan fingerprint density at radius 2 is 1.61 bits per heavy atom. The molecule has 0 radical (unpaired) electrons. The van der Waals surface area contributed by atoms with Gasteiger partial charge in [-0.05, 0) is 71.6 Å². The van der Waals surface area contributed by atoms with E-state index in [-0.39, 0.29) is 5.54 Å². The van der Waals surface area contributed by atoms with Gasteiger partial charge < -0.3 is 10.2 Å². The largest absolute Gasteiger partial charge is 0.312 e. The van der Waals surface area contributed by atoms with Gasteiger partial charge in [0, 0.05) is 5.54 Å². The molecule has 1 fully saturated rings. The number of hydrogen-bond donors (Lipinski definition) is 1.